The molecule has 4 fully saturated rings. The highest BCUT2D eigenvalue weighted by molar-refractivity contribution is 7.99. The fourth-order valence-corrected chi connectivity index (χ4v) is 13.0. The number of carbonyl (C=O) groups excluding carboxylic acids is 4. The van der Waals surface area contributed by atoms with Gasteiger partial charge in [0.1, 0.15) is 73.6 Å². The van der Waals surface area contributed by atoms with Gasteiger partial charge in [-0.2, -0.15) is 0 Å². The molecular formula is C76H74O18S. The molecule has 4 aliphatic rings. The van der Waals surface area contributed by atoms with Gasteiger partial charge in [0.25, 0.3) is 0 Å². The van der Waals surface area contributed by atoms with Crippen molar-refractivity contribution in [3.05, 3.63) is 282 Å². The molecule has 4 saturated heterocycles. The zero-order valence-electron chi connectivity index (χ0n) is 52.5. The van der Waals surface area contributed by atoms with E-state index in [0.29, 0.717) is 4.90 Å². The van der Waals surface area contributed by atoms with Gasteiger partial charge in [0.15, 0.2) is 30.6 Å². The number of rotatable bonds is 25. The lowest BCUT2D eigenvalue weighted by Gasteiger charge is -2.51. The summed E-state index contributed by atoms with van der Waals surface area (Å²) in [4.78, 5) is 58.5. The Bertz CT molecular complexity index is 3710. The lowest BCUT2D eigenvalue weighted by molar-refractivity contribution is -0.368. The summed E-state index contributed by atoms with van der Waals surface area (Å²) >= 11 is 1.23. The maximum atomic E-state index is 15.0. The quantitative estimate of drug-likeness (QED) is 0.0386. The number of esters is 4. The molecule has 0 N–H and O–H groups in total. The van der Waals surface area contributed by atoms with Crippen LogP contribution in [0.5, 0.6) is 0 Å². The van der Waals surface area contributed by atoms with Crippen LogP contribution in [0.2, 0.25) is 0 Å². The summed E-state index contributed by atoms with van der Waals surface area (Å²) in [5.41, 5.74) is 2.36. The second kappa shape index (κ2) is 31.9. The van der Waals surface area contributed by atoms with Crippen LogP contribution in [0.1, 0.15) is 78.9 Å². The summed E-state index contributed by atoms with van der Waals surface area (Å²) in [5.74, 6) is -4.18. The normalized spacial score (nSPS) is 26.9. The summed E-state index contributed by atoms with van der Waals surface area (Å²) in [6, 6.07) is 72.1. The van der Waals surface area contributed by atoms with Crippen LogP contribution in [0.3, 0.4) is 0 Å². The molecule has 8 aromatic rings. The molecule has 0 unspecified atom stereocenters. The van der Waals surface area contributed by atoms with Crippen molar-refractivity contribution in [2.45, 2.75) is 143 Å². The molecule has 0 aromatic heterocycles. The van der Waals surface area contributed by atoms with Crippen molar-refractivity contribution in [3.8, 4) is 0 Å². The molecule has 18 nitrogen and oxygen atoms in total. The van der Waals surface area contributed by atoms with E-state index in [1.165, 1.54) is 11.8 Å². The Kier molecular flexibility index (Phi) is 22.4. The minimum atomic E-state index is -1.69. The molecule has 4 heterocycles. The average Bonchev–Trinajstić information content (AvgIpc) is 1.24. The summed E-state index contributed by atoms with van der Waals surface area (Å²) in [6.45, 7) is 4.72. The number of hydrogen-bond acceptors (Lipinski definition) is 19. The standard InChI is InChI=1S/C76H74O18S/c1-49-60(81-44-50-28-12-4-13-29-50)63(82-45-51-30-14-5-15-31-51)66(83-46-52-32-16-6-17-33-52)73(86-49)92-64-61(58(47-84-69(77)53-34-18-7-19-35-53)88-75(95-57-42-26-11-27-43-57)68(64)90-72(80)56-40-24-10-25-41-56)91-74-67(89-71(79)55-38-22-9-23-39-55)65-62(93-76(2,3)94-65)59(87-74)48-85-70(78)54-36-20-8-21-37-54/h4-43,49,58-68,73-75H,44-48H2,1-3H3/t49-,58+,59+,60+,61+,62-,63+,64-,65-,66-,67+,68+,73-,74-,75-/m0/s1. The Balaban J connectivity index is 1.00. The molecule has 8 aromatic carbocycles. The number of carbonyl (C=O) groups is 4. The van der Waals surface area contributed by atoms with Gasteiger partial charge in [-0.15, -0.1) is 0 Å². The van der Waals surface area contributed by atoms with Gasteiger partial charge in [-0.3, -0.25) is 0 Å². The minimum Gasteiger partial charge on any atom is -0.459 e. The van der Waals surface area contributed by atoms with Gasteiger partial charge in [0, 0.05) is 4.90 Å². The molecule has 0 spiro atoms. The first-order valence-corrected chi connectivity index (χ1v) is 32.6. The molecule has 4 aliphatic heterocycles. The largest absolute Gasteiger partial charge is 0.459 e. The first kappa shape index (κ1) is 66.6. The third kappa shape index (κ3) is 17.2. The smallest absolute Gasteiger partial charge is 0.338 e. The molecule has 19 heteroatoms. The van der Waals surface area contributed by atoms with E-state index in [1.54, 1.807) is 135 Å². The van der Waals surface area contributed by atoms with Crippen molar-refractivity contribution >= 4 is 35.6 Å². The highest BCUT2D eigenvalue weighted by Gasteiger charge is 2.61. The van der Waals surface area contributed by atoms with Crippen LogP contribution >= 0.6 is 11.8 Å². The Morgan fingerprint density at radius 2 is 0.758 bits per heavy atom. The summed E-state index contributed by atoms with van der Waals surface area (Å²) in [6.07, 6.45) is -17.5. The molecule has 0 amide bonds. The highest BCUT2D eigenvalue weighted by Crippen LogP contribution is 2.44. The van der Waals surface area contributed by atoms with Gasteiger partial charge in [-0.1, -0.05) is 194 Å². The van der Waals surface area contributed by atoms with Crippen molar-refractivity contribution in [2.75, 3.05) is 13.2 Å². The fraction of sp³-hybridized carbons (Fsp3) is 0.316. The van der Waals surface area contributed by atoms with E-state index in [1.807, 2.05) is 128 Å². The lowest BCUT2D eigenvalue weighted by atomic mass is 9.95. The Hall–Kier alpha value is -8.41. The topological polar surface area (TPSA) is 197 Å². The number of benzene rings is 8. The van der Waals surface area contributed by atoms with E-state index >= 15 is 4.79 Å². The van der Waals surface area contributed by atoms with Gasteiger partial charge < -0.3 is 66.3 Å². The predicted octanol–water partition coefficient (Wildman–Crippen LogP) is 12.2. The van der Waals surface area contributed by atoms with E-state index < -0.39 is 134 Å². The number of ether oxygens (including phenoxy) is 14. The van der Waals surface area contributed by atoms with E-state index in [0.717, 1.165) is 16.7 Å². The predicted molar refractivity (Wildman–Crippen MR) is 347 cm³/mol. The zero-order valence-corrected chi connectivity index (χ0v) is 53.4. The van der Waals surface area contributed by atoms with Gasteiger partial charge >= 0.3 is 23.9 Å². The van der Waals surface area contributed by atoms with Crippen LogP contribution in [-0.2, 0) is 86.1 Å². The number of hydrogen-bond donors (Lipinski definition) is 0. The van der Waals surface area contributed by atoms with Crippen LogP contribution in [0.4, 0.5) is 0 Å². The van der Waals surface area contributed by atoms with Gasteiger partial charge in [-0.05, 0) is 98.1 Å². The number of fused-ring (bicyclic) bond motifs is 1. The molecule has 0 bridgehead atoms. The van der Waals surface area contributed by atoms with E-state index in [9.17, 15) is 14.4 Å². The Morgan fingerprint density at radius 1 is 0.379 bits per heavy atom. The monoisotopic (exact) mass is 1310 g/mol. The van der Waals surface area contributed by atoms with E-state index in [2.05, 4.69) is 0 Å². The zero-order chi connectivity index (χ0) is 65.5. The summed E-state index contributed by atoms with van der Waals surface area (Å²) in [5, 5.41) is 0. The van der Waals surface area contributed by atoms with E-state index in [-0.39, 0.29) is 42.1 Å². The van der Waals surface area contributed by atoms with Gasteiger partial charge in [-0.25, -0.2) is 19.2 Å². The first-order chi connectivity index (χ1) is 46.4. The molecule has 0 aliphatic carbocycles. The van der Waals surface area contributed by atoms with Gasteiger partial charge in [0.2, 0.25) is 0 Å². The lowest BCUT2D eigenvalue weighted by Crippen LogP contribution is -2.67. The summed E-state index contributed by atoms with van der Waals surface area (Å²) < 4.78 is 96.3. The molecule has 492 valence electrons. The van der Waals surface area contributed by atoms with Crippen molar-refractivity contribution < 1.29 is 85.5 Å². The maximum absolute atomic E-state index is 15.0. The molecule has 12 rings (SSSR count). The van der Waals surface area contributed by atoms with Crippen LogP contribution in [0.25, 0.3) is 0 Å². The maximum Gasteiger partial charge on any atom is 0.338 e. The Labute approximate surface area is 555 Å². The van der Waals surface area contributed by atoms with Crippen molar-refractivity contribution in [1.29, 1.82) is 0 Å². The SMILES string of the molecule is C[C@@H]1O[C@@H](O[C@@H]2[C@@H](OC(=O)c3ccccc3)[C@H](Sc3ccccc3)O[C@H](COC(=O)c3ccccc3)[C@H]2O[C@@H]2O[C@H](COC(=O)c3ccccc3)[C@@H]3OC(C)(C)O[C@@H]3[C@H]2OC(=O)c2ccccc2)[C@@H](OCc2ccccc2)[C@H](OCc2ccccc2)[C@@H]1OCc1ccccc1. The number of thioether (sulfide) groups is 1. The highest BCUT2D eigenvalue weighted by atomic mass is 32.2. The first-order valence-electron chi connectivity index (χ1n) is 31.7. The molecular weight excluding hydrogens is 1230 g/mol. The van der Waals surface area contributed by atoms with Gasteiger partial charge in [0.05, 0.1) is 48.2 Å². The molecule has 15 atom stereocenters. The molecule has 0 saturated carbocycles. The third-order valence-corrected chi connectivity index (χ3v) is 17.6. The Morgan fingerprint density at radius 3 is 1.24 bits per heavy atom. The molecule has 95 heavy (non-hydrogen) atoms. The van der Waals surface area contributed by atoms with E-state index in [4.69, 9.17) is 66.3 Å². The van der Waals surface area contributed by atoms with Crippen LogP contribution < -0.4 is 0 Å². The van der Waals surface area contributed by atoms with Crippen molar-refractivity contribution in [1.82, 2.24) is 0 Å². The minimum absolute atomic E-state index is 0.0476. The second-order valence-corrected chi connectivity index (χ2v) is 24.8. The van der Waals surface area contributed by atoms with Crippen LogP contribution in [0, 0.1) is 0 Å². The average molecular weight is 1310 g/mol. The van der Waals surface area contributed by atoms with Crippen LogP contribution in [0.15, 0.2) is 248 Å². The summed E-state index contributed by atoms with van der Waals surface area (Å²) in [7, 11) is 0. The van der Waals surface area contributed by atoms with Crippen molar-refractivity contribution in [2.24, 2.45) is 0 Å². The third-order valence-electron chi connectivity index (χ3n) is 16.5. The second-order valence-electron chi connectivity index (χ2n) is 23.7. The molecule has 0 radical (unpaired) electrons. The van der Waals surface area contributed by atoms with Crippen LogP contribution in [-0.4, -0.2) is 134 Å². The van der Waals surface area contributed by atoms with Crippen molar-refractivity contribution in [3.63, 3.8) is 0 Å². The fourth-order valence-electron chi connectivity index (χ4n) is 11.8.